The lowest BCUT2D eigenvalue weighted by Crippen LogP contribution is -2.27. The van der Waals surface area contributed by atoms with Gasteiger partial charge in [0.2, 0.25) is 0 Å². The molecule has 84 valence electrons. The van der Waals surface area contributed by atoms with Crippen molar-refractivity contribution in [2.45, 2.75) is 19.1 Å². The van der Waals surface area contributed by atoms with Gasteiger partial charge in [-0.1, -0.05) is 6.92 Å². The fraction of sp³-hybridized carbons (Fsp3) is 0.857. The van der Waals surface area contributed by atoms with Gasteiger partial charge in [0.25, 0.3) is 0 Å². The van der Waals surface area contributed by atoms with Crippen molar-refractivity contribution in [2.75, 3.05) is 17.3 Å². The molecule has 0 rings (SSSR count). The SMILES string of the molecule is CCS(=O)(=O)CCS(=O)C(C)C(=O)O. The van der Waals surface area contributed by atoms with Gasteiger partial charge in [-0.3, -0.25) is 9.00 Å². The summed E-state index contributed by atoms with van der Waals surface area (Å²) in [6.07, 6.45) is 0. The molecule has 0 heterocycles. The van der Waals surface area contributed by atoms with Gasteiger partial charge in [-0.2, -0.15) is 0 Å². The van der Waals surface area contributed by atoms with Gasteiger partial charge in [0.05, 0.1) is 5.75 Å². The summed E-state index contributed by atoms with van der Waals surface area (Å²) in [5, 5.41) is 7.48. The van der Waals surface area contributed by atoms with E-state index < -0.39 is 31.9 Å². The maximum absolute atomic E-state index is 11.2. The van der Waals surface area contributed by atoms with E-state index in [2.05, 4.69) is 0 Å². The minimum Gasteiger partial charge on any atom is -0.480 e. The van der Waals surface area contributed by atoms with Crippen molar-refractivity contribution >= 4 is 26.6 Å². The van der Waals surface area contributed by atoms with Gasteiger partial charge in [-0.25, -0.2) is 8.42 Å². The van der Waals surface area contributed by atoms with Crippen LogP contribution in [0.25, 0.3) is 0 Å². The van der Waals surface area contributed by atoms with E-state index in [4.69, 9.17) is 5.11 Å². The minimum absolute atomic E-state index is 0.00828. The van der Waals surface area contributed by atoms with E-state index in [0.717, 1.165) is 0 Å². The molecule has 2 unspecified atom stereocenters. The van der Waals surface area contributed by atoms with Gasteiger partial charge in [0, 0.05) is 22.3 Å². The highest BCUT2D eigenvalue weighted by Crippen LogP contribution is 1.99. The molecule has 0 saturated carbocycles. The molecule has 5 nitrogen and oxygen atoms in total. The normalized spacial score (nSPS) is 16.1. The van der Waals surface area contributed by atoms with Gasteiger partial charge in [-0.05, 0) is 6.92 Å². The van der Waals surface area contributed by atoms with Crippen molar-refractivity contribution in [3.63, 3.8) is 0 Å². The zero-order chi connectivity index (χ0) is 11.4. The standard InChI is InChI=1S/C7H14O5S2/c1-3-14(11,12)5-4-13(10)6(2)7(8)9/h6H,3-5H2,1-2H3,(H,8,9). The maximum atomic E-state index is 11.2. The van der Waals surface area contributed by atoms with Crippen LogP contribution in [-0.4, -0.2) is 46.2 Å². The van der Waals surface area contributed by atoms with E-state index in [0.29, 0.717) is 0 Å². The number of rotatable bonds is 6. The van der Waals surface area contributed by atoms with Crippen LogP contribution in [0.4, 0.5) is 0 Å². The van der Waals surface area contributed by atoms with E-state index in [9.17, 15) is 17.4 Å². The highest BCUT2D eigenvalue weighted by Gasteiger charge is 2.20. The summed E-state index contributed by atoms with van der Waals surface area (Å²) < 4.78 is 33.2. The van der Waals surface area contributed by atoms with Crippen molar-refractivity contribution in [2.24, 2.45) is 0 Å². The number of carboxylic acid groups (broad SMARTS) is 1. The smallest absolute Gasteiger partial charge is 0.318 e. The molecule has 1 N–H and O–H groups in total. The Morgan fingerprint density at radius 2 is 2.00 bits per heavy atom. The average molecular weight is 242 g/mol. The van der Waals surface area contributed by atoms with Crippen LogP contribution in [0.2, 0.25) is 0 Å². The topological polar surface area (TPSA) is 88.5 Å². The van der Waals surface area contributed by atoms with Crippen LogP contribution >= 0.6 is 0 Å². The molecule has 7 heteroatoms. The zero-order valence-corrected chi connectivity index (χ0v) is 9.73. The number of hydrogen-bond donors (Lipinski definition) is 1. The molecule has 0 aromatic rings. The molecule has 0 spiro atoms. The Labute approximate surface area is 85.9 Å². The van der Waals surface area contributed by atoms with Crippen molar-refractivity contribution in [1.29, 1.82) is 0 Å². The van der Waals surface area contributed by atoms with E-state index in [1.54, 1.807) is 0 Å². The van der Waals surface area contributed by atoms with Crippen LogP contribution < -0.4 is 0 Å². The molecule has 0 aromatic carbocycles. The lowest BCUT2D eigenvalue weighted by atomic mass is 10.5. The molecular formula is C7H14O5S2. The van der Waals surface area contributed by atoms with Gasteiger partial charge in [0.1, 0.15) is 5.25 Å². The molecule has 0 aromatic heterocycles. The van der Waals surface area contributed by atoms with Crippen molar-refractivity contribution < 1.29 is 22.5 Å². The second-order valence-electron chi connectivity index (χ2n) is 2.80. The second kappa shape index (κ2) is 5.45. The van der Waals surface area contributed by atoms with Crippen LogP contribution in [0.3, 0.4) is 0 Å². The second-order valence-corrected chi connectivity index (χ2v) is 7.15. The Hall–Kier alpha value is -0.430. The van der Waals surface area contributed by atoms with E-state index in [1.807, 2.05) is 0 Å². The lowest BCUT2D eigenvalue weighted by Gasteiger charge is -2.05. The van der Waals surface area contributed by atoms with E-state index in [1.165, 1.54) is 13.8 Å². The fourth-order valence-corrected chi connectivity index (χ4v) is 3.18. The van der Waals surface area contributed by atoms with Crippen LogP contribution in [0.15, 0.2) is 0 Å². The lowest BCUT2D eigenvalue weighted by molar-refractivity contribution is -0.136. The summed E-state index contributed by atoms with van der Waals surface area (Å²) in [4.78, 5) is 10.4. The number of carbonyl (C=O) groups is 1. The van der Waals surface area contributed by atoms with Crippen LogP contribution in [0.5, 0.6) is 0 Å². The molecule has 0 aliphatic carbocycles. The van der Waals surface area contributed by atoms with Crippen molar-refractivity contribution in [1.82, 2.24) is 0 Å². The zero-order valence-electron chi connectivity index (χ0n) is 8.10. The largest absolute Gasteiger partial charge is 0.480 e. The van der Waals surface area contributed by atoms with Gasteiger partial charge in [-0.15, -0.1) is 0 Å². The van der Waals surface area contributed by atoms with Crippen LogP contribution in [0, 0.1) is 0 Å². The van der Waals surface area contributed by atoms with E-state index >= 15 is 0 Å². The average Bonchev–Trinajstić information content (AvgIpc) is 2.13. The number of hydrogen-bond acceptors (Lipinski definition) is 4. The molecule has 0 aliphatic rings. The molecule has 0 bridgehead atoms. The van der Waals surface area contributed by atoms with Crippen LogP contribution in [0.1, 0.15) is 13.8 Å². The van der Waals surface area contributed by atoms with Gasteiger partial charge >= 0.3 is 5.97 Å². The molecule has 2 atom stereocenters. The Bertz CT molecular complexity index is 319. The first-order valence-corrected chi connectivity index (χ1v) is 7.31. The first kappa shape index (κ1) is 13.6. The number of carboxylic acids is 1. The first-order valence-electron chi connectivity index (χ1n) is 4.10. The molecule has 0 saturated heterocycles. The molecular weight excluding hydrogens is 228 g/mol. The molecule has 0 radical (unpaired) electrons. The summed E-state index contributed by atoms with van der Waals surface area (Å²) in [7, 11) is -4.78. The third-order valence-corrected chi connectivity index (χ3v) is 5.34. The van der Waals surface area contributed by atoms with Gasteiger partial charge < -0.3 is 5.11 Å². The molecule has 0 amide bonds. The monoisotopic (exact) mass is 242 g/mol. The third kappa shape index (κ3) is 4.71. The van der Waals surface area contributed by atoms with Crippen LogP contribution in [-0.2, 0) is 25.4 Å². The highest BCUT2D eigenvalue weighted by molar-refractivity contribution is 7.93. The third-order valence-electron chi connectivity index (χ3n) is 1.78. The maximum Gasteiger partial charge on any atom is 0.318 e. The van der Waals surface area contributed by atoms with Crippen molar-refractivity contribution in [3.05, 3.63) is 0 Å². The highest BCUT2D eigenvalue weighted by atomic mass is 32.2. The Kier molecular flexibility index (Phi) is 5.28. The van der Waals surface area contributed by atoms with Crippen molar-refractivity contribution in [3.8, 4) is 0 Å². The Balaban J connectivity index is 4.17. The minimum atomic E-state index is -3.16. The molecule has 0 aliphatic heterocycles. The molecule has 0 fully saturated rings. The number of aliphatic carboxylic acids is 1. The Morgan fingerprint density at radius 3 is 2.36 bits per heavy atom. The quantitative estimate of drug-likeness (QED) is 0.687. The summed E-state index contributed by atoms with van der Waals surface area (Å²) in [5.41, 5.74) is 0. The summed E-state index contributed by atoms with van der Waals surface area (Å²) in [6.45, 7) is 2.80. The molecule has 14 heavy (non-hydrogen) atoms. The predicted molar refractivity (Wildman–Crippen MR) is 54.4 cm³/mol. The number of sulfone groups is 1. The summed E-state index contributed by atoms with van der Waals surface area (Å²) in [5.74, 6) is -1.50. The fourth-order valence-electron chi connectivity index (χ4n) is 0.643. The summed E-state index contributed by atoms with van der Waals surface area (Å²) in [6, 6.07) is 0. The Morgan fingerprint density at radius 1 is 1.50 bits per heavy atom. The summed E-state index contributed by atoms with van der Waals surface area (Å²) >= 11 is 0. The van der Waals surface area contributed by atoms with E-state index in [-0.39, 0.29) is 17.3 Å². The predicted octanol–water partition coefficient (Wildman–Crippen LogP) is -0.357. The van der Waals surface area contributed by atoms with Gasteiger partial charge in [0.15, 0.2) is 9.84 Å². The first-order chi connectivity index (χ1) is 6.30.